The Morgan fingerprint density at radius 3 is 2.88 bits per heavy atom. The van der Waals surface area contributed by atoms with E-state index in [1.807, 2.05) is 6.07 Å². The lowest BCUT2D eigenvalue weighted by atomic mass is 10.1. The van der Waals surface area contributed by atoms with Crippen LogP contribution in [0.4, 0.5) is 0 Å². The molecule has 0 aliphatic carbocycles. The van der Waals surface area contributed by atoms with Gasteiger partial charge in [0.1, 0.15) is 0 Å². The molecule has 0 bridgehead atoms. The fourth-order valence-electron chi connectivity index (χ4n) is 1.93. The van der Waals surface area contributed by atoms with Crippen LogP contribution >= 0.6 is 0 Å². The maximum atomic E-state index is 11.9. The Morgan fingerprint density at radius 1 is 1.50 bits per heavy atom. The molecule has 0 amide bonds. The summed E-state index contributed by atoms with van der Waals surface area (Å²) in [4.78, 5) is 18.0. The summed E-state index contributed by atoms with van der Waals surface area (Å²) in [5.41, 5.74) is 6.51. The number of ketones is 1. The van der Waals surface area contributed by atoms with Crippen molar-refractivity contribution in [3.8, 4) is 0 Å². The van der Waals surface area contributed by atoms with Crippen molar-refractivity contribution in [1.82, 2.24) is 9.88 Å². The molecule has 0 atom stereocenters. The van der Waals surface area contributed by atoms with Crippen LogP contribution in [0.15, 0.2) is 24.5 Å². The fourth-order valence-corrected chi connectivity index (χ4v) is 1.93. The van der Waals surface area contributed by atoms with Crippen molar-refractivity contribution in [1.29, 1.82) is 0 Å². The molecule has 16 heavy (non-hydrogen) atoms. The Hall–Kier alpha value is -1.26. The van der Waals surface area contributed by atoms with Crippen LogP contribution < -0.4 is 5.73 Å². The van der Waals surface area contributed by atoms with Crippen molar-refractivity contribution in [3.63, 3.8) is 0 Å². The van der Waals surface area contributed by atoms with Crippen LogP contribution in [0.5, 0.6) is 0 Å². The first-order chi connectivity index (χ1) is 7.75. The van der Waals surface area contributed by atoms with Gasteiger partial charge in [0.2, 0.25) is 0 Å². The first-order valence-corrected chi connectivity index (χ1v) is 5.67. The highest BCUT2D eigenvalue weighted by molar-refractivity contribution is 5.97. The highest BCUT2D eigenvalue weighted by Gasteiger charge is 2.18. The van der Waals surface area contributed by atoms with Gasteiger partial charge in [0.05, 0.1) is 6.54 Å². The summed E-state index contributed by atoms with van der Waals surface area (Å²) in [6.45, 7) is 2.33. The molecule has 0 spiro atoms. The van der Waals surface area contributed by atoms with Gasteiger partial charge in [0.25, 0.3) is 0 Å². The molecular weight excluding hydrogens is 202 g/mol. The number of rotatable bonds is 3. The number of carbonyl (C=O) groups is 1. The van der Waals surface area contributed by atoms with Crippen LogP contribution in [0, 0.1) is 0 Å². The summed E-state index contributed by atoms with van der Waals surface area (Å²) < 4.78 is 0. The molecule has 0 radical (unpaired) electrons. The molecule has 1 aliphatic rings. The van der Waals surface area contributed by atoms with E-state index in [1.165, 1.54) is 0 Å². The van der Waals surface area contributed by atoms with Crippen LogP contribution in [0.3, 0.4) is 0 Å². The van der Waals surface area contributed by atoms with E-state index in [1.54, 1.807) is 18.5 Å². The number of nitrogens with zero attached hydrogens (tertiary/aromatic N) is 2. The Bertz CT molecular complexity index is 345. The molecule has 86 valence electrons. The van der Waals surface area contributed by atoms with Crippen LogP contribution in [0.2, 0.25) is 0 Å². The topological polar surface area (TPSA) is 59.2 Å². The van der Waals surface area contributed by atoms with Gasteiger partial charge < -0.3 is 5.73 Å². The van der Waals surface area contributed by atoms with E-state index in [4.69, 9.17) is 5.73 Å². The molecule has 1 saturated heterocycles. The predicted octanol–water partition coefficient (Wildman–Crippen LogP) is 0.687. The number of likely N-dealkylation sites (tertiary alicyclic amines) is 1. The lowest BCUT2D eigenvalue weighted by Gasteiger charge is -2.29. The molecule has 1 aromatic heterocycles. The van der Waals surface area contributed by atoms with E-state index in [9.17, 15) is 4.79 Å². The highest BCUT2D eigenvalue weighted by atomic mass is 16.1. The fraction of sp³-hybridized carbons (Fsp3) is 0.500. The normalized spacial score (nSPS) is 18.6. The van der Waals surface area contributed by atoms with Gasteiger partial charge in [-0.05, 0) is 25.0 Å². The van der Waals surface area contributed by atoms with E-state index in [-0.39, 0.29) is 5.78 Å². The van der Waals surface area contributed by atoms with Gasteiger partial charge in [-0.25, -0.2) is 0 Å². The van der Waals surface area contributed by atoms with Crippen molar-refractivity contribution in [2.45, 2.75) is 18.9 Å². The Kier molecular flexibility index (Phi) is 3.64. The monoisotopic (exact) mass is 219 g/mol. The highest BCUT2D eigenvalue weighted by Crippen LogP contribution is 2.09. The predicted molar refractivity (Wildman–Crippen MR) is 62.2 cm³/mol. The summed E-state index contributed by atoms with van der Waals surface area (Å²) in [5.74, 6) is 0.142. The van der Waals surface area contributed by atoms with Gasteiger partial charge in [-0.2, -0.15) is 0 Å². The summed E-state index contributed by atoms with van der Waals surface area (Å²) in [6.07, 6.45) is 5.27. The van der Waals surface area contributed by atoms with Gasteiger partial charge in [-0.1, -0.05) is 0 Å². The number of carbonyl (C=O) groups excluding carboxylic acids is 1. The Morgan fingerprint density at radius 2 is 2.25 bits per heavy atom. The summed E-state index contributed by atoms with van der Waals surface area (Å²) in [5, 5.41) is 0. The van der Waals surface area contributed by atoms with Gasteiger partial charge >= 0.3 is 0 Å². The van der Waals surface area contributed by atoms with Gasteiger partial charge in [-0.3, -0.25) is 14.7 Å². The molecule has 1 aliphatic heterocycles. The van der Waals surface area contributed by atoms with Crippen molar-refractivity contribution in [2.75, 3.05) is 19.6 Å². The van der Waals surface area contributed by atoms with Gasteiger partial charge in [0.15, 0.2) is 5.78 Å². The number of piperidine rings is 1. The largest absolute Gasteiger partial charge is 0.328 e. The minimum atomic E-state index is 0.142. The number of Topliss-reactive ketones (excluding diaryl/α,β-unsaturated/α-hetero) is 1. The van der Waals surface area contributed by atoms with Gasteiger partial charge in [-0.15, -0.1) is 0 Å². The Balaban J connectivity index is 1.88. The van der Waals surface area contributed by atoms with Crippen LogP contribution in [0.25, 0.3) is 0 Å². The molecule has 0 aromatic carbocycles. The second-order valence-electron chi connectivity index (χ2n) is 4.28. The number of nitrogens with two attached hydrogens (primary N) is 1. The van der Waals surface area contributed by atoms with E-state index >= 15 is 0 Å². The lowest BCUT2D eigenvalue weighted by Crippen LogP contribution is -2.41. The quantitative estimate of drug-likeness (QED) is 0.760. The SMILES string of the molecule is NC1CCN(CC(=O)c2cccnc2)CC1. The first-order valence-electron chi connectivity index (χ1n) is 5.67. The number of hydrogen-bond donors (Lipinski definition) is 1. The zero-order valence-electron chi connectivity index (χ0n) is 9.30. The second-order valence-corrected chi connectivity index (χ2v) is 4.28. The third-order valence-corrected chi connectivity index (χ3v) is 2.98. The first kappa shape index (κ1) is 11.2. The van der Waals surface area contributed by atoms with Gasteiger partial charge in [0, 0.05) is 37.1 Å². The zero-order chi connectivity index (χ0) is 11.4. The second kappa shape index (κ2) is 5.18. The van der Waals surface area contributed by atoms with E-state index in [0.29, 0.717) is 18.2 Å². The lowest BCUT2D eigenvalue weighted by molar-refractivity contribution is 0.0909. The smallest absolute Gasteiger partial charge is 0.178 e. The van der Waals surface area contributed by atoms with E-state index in [2.05, 4.69) is 9.88 Å². The molecule has 2 rings (SSSR count). The summed E-state index contributed by atoms with van der Waals surface area (Å²) >= 11 is 0. The van der Waals surface area contributed by atoms with Crippen LogP contribution in [-0.4, -0.2) is 41.3 Å². The van der Waals surface area contributed by atoms with Crippen molar-refractivity contribution >= 4 is 5.78 Å². The van der Waals surface area contributed by atoms with Crippen LogP contribution in [-0.2, 0) is 0 Å². The minimum absolute atomic E-state index is 0.142. The van der Waals surface area contributed by atoms with Crippen molar-refractivity contribution in [2.24, 2.45) is 5.73 Å². The molecule has 2 heterocycles. The zero-order valence-corrected chi connectivity index (χ0v) is 9.30. The molecule has 1 fully saturated rings. The average Bonchev–Trinajstić information content (AvgIpc) is 2.33. The number of pyridine rings is 1. The molecule has 0 unspecified atom stereocenters. The summed E-state index contributed by atoms with van der Waals surface area (Å²) in [6, 6.07) is 3.91. The molecular formula is C12H17N3O. The molecule has 0 saturated carbocycles. The molecule has 1 aromatic rings. The van der Waals surface area contributed by atoms with Crippen molar-refractivity contribution < 1.29 is 4.79 Å². The maximum Gasteiger partial charge on any atom is 0.178 e. The average molecular weight is 219 g/mol. The van der Waals surface area contributed by atoms with E-state index < -0.39 is 0 Å². The third-order valence-electron chi connectivity index (χ3n) is 2.98. The minimum Gasteiger partial charge on any atom is -0.328 e. The van der Waals surface area contributed by atoms with Crippen molar-refractivity contribution in [3.05, 3.63) is 30.1 Å². The number of aromatic nitrogens is 1. The molecule has 4 heteroatoms. The summed E-state index contributed by atoms with van der Waals surface area (Å²) in [7, 11) is 0. The molecule has 4 nitrogen and oxygen atoms in total. The third kappa shape index (κ3) is 2.87. The van der Waals surface area contributed by atoms with E-state index in [0.717, 1.165) is 25.9 Å². The standard InChI is InChI=1S/C12H17N3O/c13-11-3-6-15(7-4-11)9-12(16)10-2-1-5-14-8-10/h1-2,5,8,11H,3-4,6-7,9,13H2. The molecule has 2 N–H and O–H groups in total. The maximum absolute atomic E-state index is 11.9. The number of hydrogen-bond acceptors (Lipinski definition) is 4. The van der Waals surface area contributed by atoms with Crippen LogP contribution in [0.1, 0.15) is 23.2 Å². The Labute approximate surface area is 95.5 Å².